The monoisotopic (exact) mass is 972 g/mol. The minimum absolute atomic E-state index is 0.0511. The molecule has 0 fully saturated rings. The summed E-state index contributed by atoms with van der Waals surface area (Å²) in [7, 11) is 0. The molecule has 0 saturated carbocycles. The molecule has 0 bridgehead atoms. The molecule has 0 amide bonds. The van der Waals surface area contributed by atoms with Gasteiger partial charge in [-0.1, -0.05) is 284 Å². The maximum atomic E-state index is 2.45. The summed E-state index contributed by atoms with van der Waals surface area (Å²) >= 11 is 0. The highest BCUT2D eigenvalue weighted by atomic mass is 14.3. The Bertz CT molecular complexity index is 4270. The first-order chi connectivity index (χ1) is 37.0. The van der Waals surface area contributed by atoms with E-state index in [1.807, 2.05) is 0 Å². The summed E-state index contributed by atoms with van der Waals surface area (Å²) in [6, 6.07) is 94.1. The highest BCUT2D eigenvalue weighted by Crippen LogP contribution is 2.50. The summed E-state index contributed by atoms with van der Waals surface area (Å²) in [4.78, 5) is 0. The van der Waals surface area contributed by atoms with Gasteiger partial charge in [0.25, 0.3) is 0 Å². The van der Waals surface area contributed by atoms with Gasteiger partial charge < -0.3 is 0 Å². The van der Waals surface area contributed by atoms with Gasteiger partial charge in [-0.25, -0.2) is 0 Å². The maximum absolute atomic E-state index is 2.45. The van der Waals surface area contributed by atoms with Gasteiger partial charge in [-0.05, 0) is 165 Å². The molecule has 0 nitrogen and oxygen atoms in total. The van der Waals surface area contributed by atoms with Crippen LogP contribution in [-0.4, -0.2) is 0 Å². The van der Waals surface area contributed by atoms with E-state index in [0.717, 1.165) is 0 Å². The van der Waals surface area contributed by atoms with Crippen LogP contribution < -0.4 is 0 Å². The third-order valence-corrected chi connectivity index (χ3v) is 16.0. The molecule has 0 radical (unpaired) electrons. The summed E-state index contributed by atoms with van der Waals surface area (Å²) < 4.78 is 0. The zero-order chi connectivity index (χ0) is 51.7. The Hall–Kier alpha value is -8.84. The van der Waals surface area contributed by atoms with Crippen molar-refractivity contribution in [2.45, 2.75) is 52.4 Å². The molecule has 14 aromatic rings. The molecule has 364 valence electrons. The largest absolute Gasteiger partial charge is 0.0616 e. The van der Waals surface area contributed by atoms with Gasteiger partial charge in [0.2, 0.25) is 0 Å². The van der Waals surface area contributed by atoms with Crippen LogP contribution in [0.4, 0.5) is 0 Å². The molecule has 0 aliphatic heterocycles. The van der Waals surface area contributed by atoms with Crippen LogP contribution in [0.1, 0.15) is 52.7 Å². The Kier molecular flexibility index (Phi) is 11.4. The number of rotatable bonds is 4. The van der Waals surface area contributed by atoms with E-state index in [-0.39, 0.29) is 10.8 Å². The van der Waals surface area contributed by atoms with Crippen LogP contribution in [0.5, 0.6) is 0 Å². The second-order valence-electron chi connectivity index (χ2n) is 22.7. The third kappa shape index (κ3) is 8.00. The molecular formula is C76H60. The highest BCUT2D eigenvalue weighted by molar-refractivity contribution is 6.27. The molecule has 0 atom stereocenters. The number of benzene rings is 14. The van der Waals surface area contributed by atoms with Crippen molar-refractivity contribution in [1.82, 2.24) is 0 Å². The van der Waals surface area contributed by atoms with E-state index < -0.39 is 0 Å². The zero-order valence-corrected chi connectivity index (χ0v) is 44.2. The lowest BCUT2D eigenvalue weighted by Crippen LogP contribution is -2.10. The van der Waals surface area contributed by atoms with Crippen LogP contribution in [0.2, 0.25) is 0 Å². The van der Waals surface area contributed by atoms with Gasteiger partial charge >= 0.3 is 0 Å². The Morgan fingerprint density at radius 3 is 0.658 bits per heavy atom. The van der Waals surface area contributed by atoms with Gasteiger partial charge in [0.05, 0.1) is 0 Å². The molecule has 0 N–H and O–H groups in total. The predicted molar refractivity (Wildman–Crippen MR) is 332 cm³/mol. The van der Waals surface area contributed by atoms with E-state index in [0.29, 0.717) is 0 Å². The Morgan fingerprint density at radius 1 is 0.184 bits per heavy atom. The first-order valence-corrected chi connectivity index (χ1v) is 26.9. The van der Waals surface area contributed by atoms with Crippen molar-refractivity contribution in [3.63, 3.8) is 0 Å². The van der Waals surface area contributed by atoms with Crippen molar-refractivity contribution < 1.29 is 0 Å². The molecular weight excluding hydrogens is 913 g/mol. The first kappa shape index (κ1) is 46.9. The van der Waals surface area contributed by atoms with Crippen LogP contribution in [-0.2, 0) is 10.8 Å². The smallest absolute Gasteiger partial charge is 0.00200 e. The Labute approximate surface area is 446 Å². The van der Waals surface area contributed by atoms with Crippen molar-refractivity contribution >= 4 is 86.2 Å². The summed E-state index contributed by atoms with van der Waals surface area (Å²) in [5.74, 6) is 0. The lowest BCUT2D eigenvalue weighted by molar-refractivity contribution is 0.591. The molecule has 76 heavy (non-hydrogen) atoms. The second kappa shape index (κ2) is 18.5. The van der Waals surface area contributed by atoms with Crippen molar-refractivity contribution in [2.24, 2.45) is 0 Å². The average Bonchev–Trinajstić information content (AvgIpc) is 3.52. The molecule has 0 aliphatic carbocycles. The van der Waals surface area contributed by atoms with Crippen molar-refractivity contribution in [3.05, 3.63) is 266 Å². The topological polar surface area (TPSA) is 0 Å². The van der Waals surface area contributed by atoms with Gasteiger partial charge in [-0.3, -0.25) is 0 Å². The Balaban J connectivity index is 0.000000146. The highest BCUT2D eigenvalue weighted by Gasteiger charge is 2.24. The van der Waals surface area contributed by atoms with E-state index in [9.17, 15) is 0 Å². The number of hydrogen-bond acceptors (Lipinski definition) is 0. The van der Waals surface area contributed by atoms with E-state index in [4.69, 9.17) is 0 Å². The summed E-state index contributed by atoms with van der Waals surface area (Å²) in [5.41, 5.74) is 13.2. The van der Waals surface area contributed by atoms with Gasteiger partial charge in [-0.2, -0.15) is 0 Å². The molecule has 0 aliphatic rings. The fourth-order valence-electron chi connectivity index (χ4n) is 12.2. The van der Waals surface area contributed by atoms with Crippen LogP contribution in [0.25, 0.3) is 131 Å². The summed E-state index contributed by atoms with van der Waals surface area (Å²) in [5, 5.41) is 20.7. The lowest BCUT2D eigenvalue weighted by atomic mass is 9.80. The van der Waals surface area contributed by atoms with E-state index >= 15 is 0 Å². The molecule has 0 saturated heterocycles. The van der Waals surface area contributed by atoms with Gasteiger partial charge in [-0.15, -0.1) is 0 Å². The van der Waals surface area contributed by atoms with Crippen LogP contribution in [0, 0.1) is 0 Å². The van der Waals surface area contributed by atoms with Crippen LogP contribution >= 0.6 is 0 Å². The molecule has 0 heterocycles. The first-order valence-electron chi connectivity index (χ1n) is 26.9. The fraction of sp³-hybridized carbons (Fsp3) is 0.105. The van der Waals surface area contributed by atoms with Gasteiger partial charge in [0.1, 0.15) is 0 Å². The van der Waals surface area contributed by atoms with Crippen molar-refractivity contribution in [1.29, 1.82) is 0 Å². The molecule has 0 heteroatoms. The predicted octanol–water partition coefficient (Wildman–Crippen LogP) is 21.9. The van der Waals surface area contributed by atoms with Crippen molar-refractivity contribution in [3.8, 4) is 44.5 Å². The molecule has 14 rings (SSSR count). The third-order valence-electron chi connectivity index (χ3n) is 16.0. The second-order valence-corrected chi connectivity index (χ2v) is 22.7. The minimum Gasteiger partial charge on any atom is -0.0616 e. The van der Waals surface area contributed by atoms with Crippen LogP contribution in [0.15, 0.2) is 255 Å². The standard InChI is InChI=1S/2C38H30/c2*1-38(2,3)27-22-23-34-35(24-27)37(31-21-11-15-26-13-5-7-17-29(26)31)33-19-9-8-18-32(33)36(34)30-20-10-14-25-12-4-6-16-28(25)30/h2*4-24H,1-3H3. The number of fused-ring (bicyclic) bond motifs is 8. The van der Waals surface area contributed by atoms with E-state index in [1.165, 1.54) is 142 Å². The van der Waals surface area contributed by atoms with Gasteiger partial charge in [0.15, 0.2) is 0 Å². The van der Waals surface area contributed by atoms with Gasteiger partial charge in [0, 0.05) is 0 Å². The molecule has 0 spiro atoms. The summed E-state index contributed by atoms with van der Waals surface area (Å²) in [6.07, 6.45) is 0. The molecule has 14 aromatic carbocycles. The molecule has 0 unspecified atom stereocenters. The van der Waals surface area contributed by atoms with E-state index in [2.05, 4.69) is 296 Å². The van der Waals surface area contributed by atoms with Crippen molar-refractivity contribution in [2.75, 3.05) is 0 Å². The maximum Gasteiger partial charge on any atom is -0.00200 e. The Morgan fingerprint density at radius 2 is 0.395 bits per heavy atom. The SMILES string of the molecule is CC(C)(C)c1ccc2c(-c3cccc4ccccc34)c3ccccc3c(-c3cccc4ccccc34)c2c1.CC(C)(C)c1ccc2c(-c3cccc4ccccc34)c3ccccc3c(-c3cccc4ccccc34)c2c1. The normalized spacial score (nSPS) is 12.1. The quantitative estimate of drug-likeness (QED) is 0.154. The molecule has 0 aromatic heterocycles. The number of hydrogen-bond donors (Lipinski definition) is 0. The summed E-state index contributed by atoms with van der Waals surface area (Å²) in [6.45, 7) is 13.8. The van der Waals surface area contributed by atoms with E-state index in [1.54, 1.807) is 0 Å². The average molecular weight is 973 g/mol. The minimum atomic E-state index is 0.0511. The fourth-order valence-corrected chi connectivity index (χ4v) is 12.2. The van der Waals surface area contributed by atoms with Crippen LogP contribution in [0.3, 0.4) is 0 Å². The zero-order valence-electron chi connectivity index (χ0n) is 44.2. The lowest BCUT2D eigenvalue weighted by Gasteiger charge is -2.23.